The predicted octanol–water partition coefficient (Wildman–Crippen LogP) is 4.24. The molecular weight excluding hydrogens is 407 g/mol. The van der Waals surface area contributed by atoms with Gasteiger partial charge in [-0.3, -0.25) is 4.90 Å². The van der Waals surface area contributed by atoms with Crippen LogP contribution in [0.4, 0.5) is 10.2 Å². The second-order valence-corrected chi connectivity index (χ2v) is 8.67. The monoisotopic (exact) mass is 434 g/mol. The van der Waals surface area contributed by atoms with Gasteiger partial charge in [0.1, 0.15) is 17.4 Å². The van der Waals surface area contributed by atoms with Gasteiger partial charge < -0.3 is 15.2 Å². The standard InChI is InChI=1S/C25H27FN4O2/c1-16-10-24(27-20-6-3-9-30(13-20)21-14-32-15-21)28-29-25(16)22-8-7-18(12-23(22)31)17-4-2-5-19(26)11-17/h2,4-5,7-8,10-12,20-21,31H,3,6,9,13-15H2,1H3,(H,27,28)/t20-/m0/s1. The summed E-state index contributed by atoms with van der Waals surface area (Å²) in [6, 6.07) is 14.5. The van der Waals surface area contributed by atoms with Crippen LogP contribution in [-0.2, 0) is 4.74 Å². The lowest BCUT2D eigenvalue weighted by atomic mass is 10.00. The smallest absolute Gasteiger partial charge is 0.149 e. The van der Waals surface area contributed by atoms with E-state index in [1.807, 2.05) is 25.1 Å². The Balaban J connectivity index is 1.32. The Hall–Kier alpha value is -3.03. The number of phenols is 1. The van der Waals surface area contributed by atoms with E-state index in [4.69, 9.17) is 4.74 Å². The molecule has 2 aliphatic rings. The molecule has 1 atom stereocenters. The van der Waals surface area contributed by atoms with E-state index >= 15 is 0 Å². The summed E-state index contributed by atoms with van der Waals surface area (Å²) in [5.41, 5.74) is 3.63. The number of piperidine rings is 1. The van der Waals surface area contributed by atoms with Crippen LogP contribution in [0.2, 0.25) is 0 Å². The fourth-order valence-corrected chi connectivity index (χ4v) is 4.50. The maximum absolute atomic E-state index is 13.5. The number of likely N-dealkylation sites (tertiary alicyclic amines) is 1. The molecule has 5 rings (SSSR count). The van der Waals surface area contributed by atoms with Crippen LogP contribution < -0.4 is 5.32 Å². The maximum Gasteiger partial charge on any atom is 0.149 e. The Bertz CT molecular complexity index is 1120. The number of halogens is 1. The van der Waals surface area contributed by atoms with Gasteiger partial charge in [-0.15, -0.1) is 10.2 Å². The number of nitrogens with zero attached hydrogens (tertiary/aromatic N) is 3. The molecule has 2 aromatic carbocycles. The number of nitrogens with one attached hydrogen (secondary N) is 1. The topological polar surface area (TPSA) is 70.5 Å². The summed E-state index contributed by atoms with van der Waals surface area (Å²) in [4.78, 5) is 2.50. The molecule has 6 nitrogen and oxygen atoms in total. The summed E-state index contributed by atoms with van der Waals surface area (Å²) in [6.07, 6.45) is 2.26. The quantitative estimate of drug-likeness (QED) is 0.626. The van der Waals surface area contributed by atoms with Gasteiger partial charge in [0, 0.05) is 18.2 Å². The number of ether oxygens (including phenoxy) is 1. The van der Waals surface area contributed by atoms with Crippen LogP contribution in [-0.4, -0.2) is 58.6 Å². The molecule has 0 spiro atoms. The van der Waals surface area contributed by atoms with Gasteiger partial charge in [0.15, 0.2) is 0 Å². The van der Waals surface area contributed by atoms with Crippen LogP contribution in [0.15, 0.2) is 48.5 Å². The van der Waals surface area contributed by atoms with Gasteiger partial charge in [-0.2, -0.15) is 0 Å². The van der Waals surface area contributed by atoms with Crippen molar-refractivity contribution in [3.8, 4) is 28.1 Å². The Morgan fingerprint density at radius 1 is 1.09 bits per heavy atom. The third-order valence-corrected chi connectivity index (χ3v) is 6.34. The molecule has 0 saturated carbocycles. The molecule has 0 aliphatic carbocycles. The molecule has 0 radical (unpaired) electrons. The number of benzene rings is 2. The zero-order valence-electron chi connectivity index (χ0n) is 18.1. The number of phenolic OH excluding ortho intramolecular Hbond substituents is 1. The zero-order valence-corrected chi connectivity index (χ0v) is 18.1. The van der Waals surface area contributed by atoms with Gasteiger partial charge >= 0.3 is 0 Å². The van der Waals surface area contributed by atoms with Crippen LogP contribution in [0.5, 0.6) is 5.75 Å². The zero-order chi connectivity index (χ0) is 22.1. The largest absolute Gasteiger partial charge is 0.507 e. The first-order valence-corrected chi connectivity index (χ1v) is 11.1. The molecule has 0 bridgehead atoms. The number of hydrogen-bond acceptors (Lipinski definition) is 6. The molecule has 0 amide bonds. The van der Waals surface area contributed by atoms with Crippen molar-refractivity contribution in [2.24, 2.45) is 0 Å². The van der Waals surface area contributed by atoms with E-state index in [0.29, 0.717) is 28.9 Å². The summed E-state index contributed by atoms with van der Waals surface area (Å²) in [5, 5.41) is 23.0. The minimum absolute atomic E-state index is 0.0931. The lowest BCUT2D eigenvalue weighted by molar-refractivity contribution is -0.0710. The second kappa shape index (κ2) is 8.84. The van der Waals surface area contributed by atoms with Crippen molar-refractivity contribution >= 4 is 5.82 Å². The number of aryl methyl sites for hydroxylation is 1. The van der Waals surface area contributed by atoms with Crippen LogP contribution in [0.25, 0.3) is 22.4 Å². The summed E-state index contributed by atoms with van der Waals surface area (Å²) in [5.74, 6) is 0.535. The minimum Gasteiger partial charge on any atom is -0.507 e. The van der Waals surface area contributed by atoms with E-state index < -0.39 is 0 Å². The Morgan fingerprint density at radius 2 is 1.94 bits per heavy atom. The third kappa shape index (κ3) is 4.31. The summed E-state index contributed by atoms with van der Waals surface area (Å²) in [7, 11) is 0. The number of aromatic nitrogens is 2. The highest BCUT2D eigenvalue weighted by Crippen LogP contribution is 2.34. The van der Waals surface area contributed by atoms with E-state index in [-0.39, 0.29) is 11.6 Å². The molecule has 2 N–H and O–H groups in total. The number of rotatable bonds is 5. The predicted molar refractivity (Wildman–Crippen MR) is 122 cm³/mol. The average Bonchev–Trinajstić information content (AvgIpc) is 2.73. The van der Waals surface area contributed by atoms with Crippen molar-refractivity contribution < 1.29 is 14.2 Å². The van der Waals surface area contributed by atoms with Crippen molar-refractivity contribution in [1.82, 2.24) is 15.1 Å². The Kier molecular flexibility index (Phi) is 5.76. The molecule has 3 heterocycles. The van der Waals surface area contributed by atoms with E-state index in [2.05, 4.69) is 20.4 Å². The second-order valence-electron chi connectivity index (χ2n) is 8.67. The van der Waals surface area contributed by atoms with Crippen LogP contribution in [0, 0.1) is 12.7 Å². The number of aromatic hydroxyl groups is 1. The average molecular weight is 435 g/mol. The fraction of sp³-hybridized carbons (Fsp3) is 0.360. The van der Waals surface area contributed by atoms with Crippen LogP contribution >= 0.6 is 0 Å². The molecular formula is C25H27FN4O2. The SMILES string of the molecule is Cc1cc(N[C@H]2CCCN(C3COC3)C2)nnc1-c1ccc(-c2cccc(F)c2)cc1O. The van der Waals surface area contributed by atoms with Crippen LogP contribution in [0.3, 0.4) is 0 Å². The van der Waals surface area contributed by atoms with Crippen molar-refractivity contribution in [3.05, 3.63) is 59.9 Å². The number of hydrogen-bond donors (Lipinski definition) is 2. The molecule has 7 heteroatoms. The van der Waals surface area contributed by atoms with Crippen LogP contribution in [0.1, 0.15) is 18.4 Å². The first kappa shape index (κ1) is 20.8. The molecule has 1 aromatic heterocycles. The van der Waals surface area contributed by atoms with Gasteiger partial charge in [-0.25, -0.2) is 4.39 Å². The van der Waals surface area contributed by atoms with E-state index in [1.54, 1.807) is 18.2 Å². The van der Waals surface area contributed by atoms with Crippen molar-refractivity contribution in [2.45, 2.75) is 31.8 Å². The maximum atomic E-state index is 13.5. The van der Waals surface area contributed by atoms with Gasteiger partial charge in [0.2, 0.25) is 0 Å². The molecule has 3 aromatic rings. The van der Waals surface area contributed by atoms with E-state index in [0.717, 1.165) is 56.1 Å². The molecule has 2 fully saturated rings. The van der Waals surface area contributed by atoms with E-state index in [9.17, 15) is 9.50 Å². The highest BCUT2D eigenvalue weighted by molar-refractivity contribution is 5.75. The van der Waals surface area contributed by atoms with Gasteiger partial charge in [0.25, 0.3) is 0 Å². The van der Waals surface area contributed by atoms with Gasteiger partial charge in [-0.1, -0.05) is 18.2 Å². The first-order chi connectivity index (χ1) is 15.6. The Labute approximate surface area is 187 Å². The van der Waals surface area contributed by atoms with Crippen molar-refractivity contribution in [2.75, 3.05) is 31.6 Å². The Morgan fingerprint density at radius 3 is 2.66 bits per heavy atom. The van der Waals surface area contributed by atoms with Crippen molar-refractivity contribution in [1.29, 1.82) is 0 Å². The van der Waals surface area contributed by atoms with E-state index in [1.165, 1.54) is 12.1 Å². The van der Waals surface area contributed by atoms with Crippen molar-refractivity contribution in [3.63, 3.8) is 0 Å². The molecule has 2 aliphatic heterocycles. The minimum atomic E-state index is -0.307. The summed E-state index contributed by atoms with van der Waals surface area (Å²) >= 11 is 0. The molecule has 2 saturated heterocycles. The normalized spacial score (nSPS) is 19.5. The lowest BCUT2D eigenvalue weighted by Gasteiger charge is -2.42. The molecule has 32 heavy (non-hydrogen) atoms. The lowest BCUT2D eigenvalue weighted by Crippen LogP contribution is -2.54. The highest BCUT2D eigenvalue weighted by Gasteiger charge is 2.30. The first-order valence-electron chi connectivity index (χ1n) is 11.1. The summed E-state index contributed by atoms with van der Waals surface area (Å²) < 4.78 is 18.9. The third-order valence-electron chi connectivity index (χ3n) is 6.34. The highest BCUT2D eigenvalue weighted by atomic mass is 19.1. The fourth-order valence-electron chi connectivity index (χ4n) is 4.50. The molecule has 0 unspecified atom stereocenters. The van der Waals surface area contributed by atoms with Gasteiger partial charge in [0.05, 0.1) is 24.9 Å². The summed E-state index contributed by atoms with van der Waals surface area (Å²) in [6.45, 7) is 5.75. The molecule has 166 valence electrons. The number of anilines is 1. The van der Waals surface area contributed by atoms with Gasteiger partial charge in [-0.05, 0) is 73.3 Å².